The molecule has 226 valence electrons. The summed E-state index contributed by atoms with van der Waals surface area (Å²) in [5.41, 5.74) is 0.822. The van der Waals surface area contributed by atoms with Crippen LogP contribution in [0.2, 0.25) is 5.02 Å². The van der Waals surface area contributed by atoms with Crippen LogP contribution < -0.4 is 9.47 Å². The average Bonchev–Trinajstić information content (AvgIpc) is 2.92. The predicted octanol–water partition coefficient (Wildman–Crippen LogP) is 6.61. The molecule has 0 saturated carbocycles. The molecule has 3 aromatic rings. The fourth-order valence-electron chi connectivity index (χ4n) is 5.12. The summed E-state index contributed by atoms with van der Waals surface area (Å²) in [4.78, 5) is 26.6. The normalized spacial score (nSPS) is 13.3. The standard InChI is InChI=1S/C33H33ClO9/c1-15(2)8-9-17-11-18(35)12-19-21(14-33(4,5)43-31(17)19)24-16(3)10-22(36)26(28(24)37)29(38)25-20(32(40)42-7)13-23(41-6)27(34)30(25)39/h8,10-14,35-37,39H,9H2,1-7H3. The van der Waals surface area contributed by atoms with Crippen molar-refractivity contribution >= 4 is 28.9 Å². The lowest BCUT2D eigenvalue weighted by atomic mass is 9.83. The molecule has 0 amide bonds. The second-order valence-corrected chi connectivity index (χ2v) is 11.4. The zero-order valence-corrected chi connectivity index (χ0v) is 25.6. The Balaban J connectivity index is 2.02. The van der Waals surface area contributed by atoms with Crippen molar-refractivity contribution in [2.75, 3.05) is 14.2 Å². The fourth-order valence-corrected chi connectivity index (χ4v) is 5.35. The smallest absolute Gasteiger partial charge is 0.338 e. The van der Waals surface area contributed by atoms with Crippen molar-refractivity contribution in [2.45, 2.75) is 46.6 Å². The maximum absolute atomic E-state index is 14.0. The zero-order valence-electron chi connectivity index (χ0n) is 24.9. The third-order valence-corrected chi connectivity index (χ3v) is 7.43. The van der Waals surface area contributed by atoms with Crippen molar-refractivity contribution in [2.24, 2.45) is 0 Å². The summed E-state index contributed by atoms with van der Waals surface area (Å²) < 4.78 is 16.2. The van der Waals surface area contributed by atoms with E-state index >= 15 is 0 Å². The number of phenols is 4. The van der Waals surface area contributed by atoms with Gasteiger partial charge in [0.25, 0.3) is 0 Å². The van der Waals surface area contributed by atoms with Crippen molar-refractivity contribution in [1.82, 2.24) is 0 Å². The van der Waals surface area contributed by atoms with Gasteiger partial charge in [-0.05, 0) is 82.5 Å². The van der Waals surface area contributed by atoms with Gasteiger partial charge in [0, 0.05) is 16.7 Å². The Kier molecular flexibility index (Phi) is 8.42. The third kappa shape index (κ3) is 5.72. The average molecular weight is 609 g/mol. The van der Waals surface area contributed by atoms with E-state index in [1.54, 1.807) is 19.1 Å². The molecule has 1 aliphatic heterocycles. The number of carbonyl (C=O) groups excluding carboxylic acids is 2. The van der Waals surface area contributed by atoms with Crippen molar-refractivity contribution < 1.29 is 44.2 Å². The van der Waals surface area contributed by atoms with Crippen LogP contribution in [0.15, 0.2) is 42.0 Å². The van der Waals surface area contributed by atoms with Gasteiger partial charge >= 0.3 is 5.97 Å². The molecular weight excluding hydrogens is 576 g/mol. The van der Waals surface area contributed by atoms with Crippen LogP contribution in [-0.2, 0) is 11.2 Å². The van der Waals surface area contributed by atoms with E-state index in [2.05, 4.69) is 0 Å². The first-order valence-corrected chi connectivity index (χ1v) is 13.7. The van der Waals surface area contributed by atoms with Crippen LogP contribution in [0.4, 0.5) is 0 Å². The molecule has 1 aliphatic rings. The molecule has 10 heteroatoms. The van der Waals surface area contributed by atoms with E-state index in [0.29, 0.717) is 34.4 Å². The molecule has 1 heterocycles. The molecule has 0 atom stereocenters. The van der Waals surface area contributed by atoms with Gasteiger partial charge in [-0.25, -0.2) is 4.79 Å². The maximum atomic E-state index is 14.0. The van der Waals surface area contributed by atoms with Crippen LogP contribution in [0.5, 0.6) is 34.5 Å². The number of allylic oxidation sites excluding steroid dienone is 2. The number of methoxy groups -OCH3 is 2. The van der Waals surface area contributed by atoms with E-state index in [1.807, 2.05) is 33.8 Å². The van der Waals surface area contributed by atoms with Gasteiger partial charge in [-0.2, -0.15) is 0 Å². The number of carbonyl (C=O) groups is 2. The number of aromatic hydroxyl groups is 4. The Morgan fingerprint density at radius 3 is 2.28 bits per heavy atom. The molecule has 4 N–H and O–H groups in total. The van der Waals surface area contributed by atoms with Crippen LogP contribution in [0.3, 0.4) is 0 Å². The molecule has 0 radical (unpaired) electrons. The number of rotatable bonds is 7. The summed E-state index contributed by atoms with van der Waals surface area (Å²) in [5, 5.41) is 43.9. The lowest BCUT2D eigenvalue weighted by Gasteiger charge is -2.33. The lowest BCUT2D eigenvalue weighted by molar-refractivity contribution is 0.0596. The molecule has 0 unspecified atom stereocenters. The van der Waals surface area contributed by atoms with Gasteiger partial charge < -0.3 is 34.6 Å². The van der Waals surface area contributed by atoms with Gasteiger partial charge in [0.15, 0.2) is 0 Å². The number of phenolic OH excluding ortho intramolecular Hbond substituents is 4. The predicted molar refractivity (Wildman–Crippen MR) is 162 cm³/mol. The zero-order chi connectivity index (χ0) is 32.0. The lowest BCUT2D eigenvalue weighted by Crippen LogP contribution is -2.30. The largest absolute Gasteiger partial charge is 0.508 e. The maximum Gasteiger partial charge on any atom is 0.338 e. The van der Waals surface area contributed by atoms with E-state index in [1.165, 1.54) is 19.2 Å². The minimum atomic E-state index is -1.09. The molecule has 0 aromatic heterocycles. The molecule has 4 rings (SSSR count). The number of aryl methyl sites for hydroxylation is 1. The van der Waals surface area contributed by atoms with Gasteiger partial charge in [0.05, 0.1) is 25.3 Å². The Hall–Kier alpha value is -4.63. The first kappa shape index (κ1) is 31.3. The number of hydrogen-bond donors (Lipinski definition) is 4. The van der Waals surface area contributed by atoms with Crippen LogP contribution in [0, 0.1) is 6.92 Å². The highest BCUT2D eigenvalue weighted by atomic mass is 35.5. The van der Waals surface area contributed by atoms with Gasteiger partial charge in [-0.3, -0.25) is 4.79 Å². The number of esters is 1. The number of fused-ring (bicyclic) bond motifs is 1. The number of ether oxygens (including phenoxy) is 3. The van der Waals surface area contributed by atoms with Gasteiger partial charge in [-0.15, -0.1) is 0 Å². The Labute approximate surface area is 254 Å². The van der Waals surface area contributed by atoms with Crippen molar-refractivity contribution in [3.05, 3.63) is 86.0 Å². The molecule has 0 bridgehead atoms. The first-order chi connectivity index (χ1) is 20.1. The van der Waals surface area contributed by atoms with Gasteiger partial charge in [0.1, 0.15) is 50.7 Å². The summed E-state index contributed by atoms with van der Waals surface area (Å²) in [6, 6.07) is 5.53. The van der Waals surface area contributed by atoms with Crippen LogP contribution in [0.1, 0.15) is 76.2 Å². The summed E-state index contributed by atoms with van der Waals surface area (Å²) in [7, 11) is 2.35. The molecule has 0 spiro atoms. The molecule has 9 nitrogen and oxygen atoms in total. The van der Waals surface area contributed by atoms with Crippen molar-refractivity contribution in [3.63, 3.8) is 0 Å². The van der Waals surface area contributed by atoms with Crippen LogP contribution >= 0.6 is 11.6 Å². The van der Waals surface area contributed by atoms with Gasteiger partial charge in [0.2, 0.25) is 5.78 Å². The van der Waals surface area contributed by atoms with Crippen LogP contribution in [-0.4, -0.2) is 52.0 Å². The van der Waals surface area contributed by atoms with Crippen molar-refractivity contribution in [1.29, 1.82) is 0 Å². The summed E-state index contributed by atoms with van der Waals surface area (Å²) in [6.07, 6.45) is 4.21. The Morgan fingerprint density at radius 2 is 1.67 bits per heavy atom. The SMILES string of the molecule is COC(=O)c1cc(OC)c(Cl)c(O)c1C(=O)c1c(O)cc(C)c(C2=CC(C)(C)Oc3c(CC=C(C)C)cc(O)cc32)c1O. The van der Waals surface area contributed by atoms with E-state index in [-0.39, 0.29) is 22.1 Å². The van der Waals surface area contributed by atoms with E-state index in [9.17, 15) is 30.0 Å². The number of halogens is 1. The highest BCUT2D eigenvalue weighted by Crippen LogP contribution is 2.49. The number of hydrogen-bond acceptors (Lipinski definition) is 9. The summed E-state index contributed by atoms with van der Waals surface area (Å²) >= 11 is 6.22. The summed E-state index contributed by atoms with van der Waals surface area (Å²) in [6.45, 7) is 9.21. The molecule has 3 aromatic carbocycles. The minimum absolute atomic E-state index is 0.0298. The third-order valence-electron chi connectivity index (χ3n) is 7.06. The highest BCUT2D eigenvalue weighted by molar-refractivity contribution is 6.35. The molecule has 0 saturated heterocycles. The molecule has 43 heavy (non-hydrogen) atoms. The van der Waals surface area contributed by atoms with E-state index in [4.69, 9.17) is 25.8 Å². The first-order valence-electron chi connectivity index (χ1n) is 13.3. The summed E-state index contributed by atoms with van der Waals surface area (Å²) in [5.74, 6) is -3.72. The van der Waals surface area contributed by atoms with Gasteiger partial charge in [-0.1, -0.05) is 23.3 Å². The minimum Gasteiger partial charge on any atom is -0.508 e. The van der Waals surface area contributed by atoms with E-state index < -0.39 is 51.3 Å². The Bertz CT molecular complexity index is 1730. The van der Waals surface area contributed by atoms with Crippen LogP contribution in [0.25, 0.3) is 5.57 Å². The monoisotopic (exact) mass is 608 g/mol. The highest BCUT2D eigenvalue weighted by Gasteiger charge is 2.35. The topological polar surface area (TPSA) is 143 Å². The second kappa shape index (κ2) is 11.6. The molecular formula is C33H33ClO9. The number of ketones is 1. The second-order valence-electron chi connectivity index (χ2n) is 11.0. The molecule has 0 fully saturated rings. The van der Waals surface area contributed by atoms with E-state index in [0.717, 1.165) is 18.7 Å². The van der Waals surface area contributed by atoms with Crippen molar-refractivity contribution in [3.8, 4) is 34.5 Å². The quantitative estimate of drug-likeness (QED) is 0.132. The molecule has 0 aliphatic carbocycles. The fraction of sp³-hybridized carbons (Fsp3) is 0.273. The Morgan fingerprint density at radius 1 is 1.00 bits per heavy atom. The number of benzene rings is 3.